The van der Waals surface area contributed by atoms with E-state index < -0.39 is 0 Å². The first kappa shape index (κ1) is 22.7. The summed E-state index contributed by atoms with van der Waals surface area (Å²) in [5.74, 6) is 3.64. The molecule has 6 aromatic rings. The maximum absolute atomic E-state index is 5.02. The summed E-state index contributed by atoms with van der Waals surface area (Å²) in [5.41, 5.74) is 9.61. The van der Waals surface area contributed by atoms with Gasteiger partial charge in [0.1, 0.15) is 11.6 Å². The molecule has 3 aliphatic rings. The number of benzene rings is 3. The maximum atomic E-state index is 5.02. The minimum atomic E-state index is 0.310. The van der Waals surface area contributed by atoms with Gasteiger partial charge in [-0.15, -0.1) is 0 Å². The van der Waals surface area contributed by atoms with Crippen molar-refractivity contribution in [2.24, 2.45) is 11.8 Å². The highest BCUT2D eigenvalue weighted by atomic mass is 15.1. The van der Waals surface area contributed by atoms with Gasteiger partial charge in [-0.1, -0.05) is 31.2 Å². The Morgan fingerprint density at radius 1 is 0.650 bits per heavy atom. The molecule has 0 radical (unpaired) electrons. The Morgan fingerprint density at radius 2 is 1.35 bits per heavy atom. The summed E-state index contributed by atoms with van der Waals surface area (Å²) < 4.78 is 0. The number of pyridine rings is 1. The molecule has 7 heteroatoms. The number of hydrogen-bond donors (Lipinski definition) is 4. The van der Waals surface area contributed by atoms with Gasteiger partial charge in [-0.05, 0) is 91.2 Å². The van der Waals surface area contributed by atoms with E-state index in [0.717, 1.165) is 74.8 Å². The number of hydrogen-bond acceptors (Lipinski definition) is 5. The summed E-state index contributed by atoms with van der Waals surface area (Å²) in [6.07, 6.45) is 3.65. The lowest BCUT2D eigenvalue weighted by atomic mass is 10.0. The minimum absolute atomic E-state index is 0.310. The van der Waals surface area contributed by atoms with Crippen LogP contribution in [0.3, 0.4) is 0 Å². The molecule has 2 saturated heterocycles. The molecule has 1 saturated carbocycles. The van der Waals surface area contributed by atoms with Crippen LogP contribution in [0.2, 0.25) is 0 Å². The molecule has 0 amide bonds. The number of imidazole rings is 2. The molecule has 0 unspecified atom stereocenters. The Bertz CT molecular complexity index is 1800. The summed E-state index contributed by atoms with van der Waals surface area (Å²) in [7, 11) is 0. The van der Waals surface area contributed by atoms with E-state index in [9.17, 15) is 0 Å². The molecule has 40 heavy (non-hydrogen) atoms. The summed E-state index contributed by atoms with van der Waals surface area (Å²) in [5, 5.41) is 8.41. The van der Waals surface area contributed by atoms with Gasteiger partial charge in [-0.3, -0.25) is 0 Å². The number of aromatic amines is 2. The minimum Gasteiger partial charge on any atom is -0.341 e. The van der Waals surface area contributed by atoms with Crippen molar-refractivity contribution in [1.29, 1.82) is 0 Å². The Balaban J connectivity index is 1.00. The van der Waals surface area contributed by atoms with Gasteiger partial charge >= 0.3 is 0 Å². The predicted octanol–water partition coefficient (Wildman–Crippen LogP) is 6.41. The number of aromatic nitrogens is 5. The summed E-state index contributed by atoms with van der Waals surface area (Å²) in [6.45, 7) is 3.33. The van der Waals surface area contributed by atoms with Crippen LogP contribution in [0, 0.1) is 11.8 Å². The number of nitrogens with one attached hydrogen (secondary N) is 4. The van der Waals surface area contributed by atoms with E-state index in [4.69, 9.17) is 15.0 Å². The highest BCUT2D eigenvalue weighted by Crippen LogP contribution is 2.45. The molecule has 9 rings (SSSR count). The summed E-state index contributed by atoms with van der Waals surface area (Å²) in [6, 6.07) is 25.1. The summed E-state index contributed by atoms with van der Waals surface area (Å²) >= 11 is 0. The van der Waals surface area contributed by atoms with Crippen LogP contribution in [0.5, 0.6) is 0 Å². The van der Waals surface area contributed by atoms with Gasteiger partial charge in [0, 0.05) is 17.0 Å². The average molecular weight is 526 g/mol. The van der Waals surface area contributed by atoms with Gasteiger partial charge in [-0.25, -0.2) is 15.0 Å². The molecule has 5 heterocycles. The van der Waals surface area contributed by atoms with Gasteiger partial charge in [-0.2, -0.15) is 0 Å². The molecule has 1 aliphatic carbocycles. The molecule has 4 N–H and O–H groups in total. The Labute approximate surface area is 231 Å². The lowest BCUT2D eigenvalue weighted by Crippen LogP contribution is -2.18. The van der Waals surface area contributed by atoms with Crippen molar-refractivity contribution in [2.45, 2.75) is 44.3 Å². The van der Waals surface area contributed by atoms with Crippen molar-refractivity contribution in [1.82, 2.24) is 35.6 Å². The first-order valence-electron chi connectivity index (χ1n) is 14.5. The van der Waals surface area contributed by atoms with Gasteiger partial charge in [0.25, 0.3) is 0 Å². The molecule has 3 aromatic carbocycles. The molecular weight excluding hydrogens is 494 g/mol. The third kappa shape index (κ3) is 3.76. The smallest absolute Gasteiger partial charge is 0.124 e. The number of rotatable bonds is 4. The summed E-state index contributed by atoms with van der Waals surface area (Å²) in [4.78, 5) is 21.9. The van der Waals surface area contributed by atoms with Gasteiger partial charge in [0.15, 0.2) is 0 Å². The molecule has 7 nitrogen and oxygen atoms in total. The fourth-order valence-corrected chi connectivity index (χ4v) is 6.85. The maximum Gasteiger partial charge on any atom is 0.124 e. The fraction of sp³-hybridized carbons (Fsp3) is 0.303. The normalized spacial score (nSPS) is 25.8. The van der Waals surface area contributed by atoms with E-state index in [2.05, 4.69) is 94.3 Å². The third-order valence-corrected chi connectivity index (χ3v) is 9.21. The van der Waals surface area contributed by atoms with Gasteiger partial charge < -0.3 is 20.6 Å². The van der Waals surface area contributed by atoms with Crippen LogP contribution < -0.4 is 10.6 Å². The van der Waals surface area contributed by atoms with Crippen LogP contribution in [0.1, 0.15) is 49.9 Å². The number of piperidine rings is 1. The Hall–Kier alpha value is -4.07. The fourth-order valence-electron chi connectivity index (χ4n) is 6.85. The number of fused-ring (bicyclic) bond motifs is 4. The molecule has 0 spiro atoms. The highest BCUT2D eigenvalue weighted by Gasteiger charge is 2.46. The van der Waals surface area contributed by atoms with Crippen molar-refractivity contribution < 1.29 is 0 Å². The SMILES string of the molecule is C[C@@H]1CN[C@H](c2nc3ccc(-c4ccc5cc(-c6ccc7nc([C@@H]8C[C@H]9C[C@H]9N8)[nH]c7c6)ccc5n4)cc3[nH]2)C1. The van der Waals surface area contributed by atoms with Crippen LogP contribution in [-0.2, 0) is 0 Å². The van der Waals surface area contributed by atoms with E-state index in [1.807, 2.05) is 0 Å². The zero-order valence-corrected chi connectivity index (χ0v) is 22.4. The molecule has 5 atom stereocenters. The third-order valence-electron chi connectivity index (χ3n) is 9.21. The molecule has 198 valence electrons. The topological polar surface area (TPSA) is 94.3 Å². The van der Waals surface area contributed by atoms with E-state index in [1.54, 1.807) is 0 Å². The van der Waals surface area contributed by atoms with Crippen molar-refractivity contribution in [3.05, 3.63) is 78.4 Å². The standard InChI is InChI=1S/C33H31N7/c1-17-10-30(34-16-17)32-37-26-9-5-21(13-29(26)39-32)24-7-4-20-11-18(2-6-23(20)35-24)19-3-8-25-28(12-19)40-33(38-25)31-15-22-14-27(22)36-31/h2-9,11-13,17,22,27,30-31,34,36H,10,14-16H2,1H3,(H,37,39)(H,38,40)/t17-,22+,27+,30-,31-/m0/s1. The average Bonchev–Trinajstić information content (AvgIpc) is 3.47. The van der Waals surface area contributed by atoms with Gasteiger partial charge in [0.2, 0.25) is 0 Å². The predicted molar refractivity (Wildman–Crippen MR) is 159 cm³/mol. The van der Waals surface area contributed by atoms with Crippen LogP contribution in [0.4, 0.5) is 0 Å². The van der Waals surface area contributed by atoms with E-state index in [1.165, 1.54) is 24.0 Å². The highest BCUT2D eigenvalue weighted by molar-refractivity contribution is 5.89. The van der Waals surface area contributed by atoms with Crippen molar-refractivity contribution >= 4 is 33.0 Å². The van der Waals surface area contributed by atoms with E-state index >= 15 is 0 Å². The lowest BCUT2D eigenvalue weighted by molar-refractivity contribution is 0.544. The van der Waals surface area contributed by atoms with E-state index in [-0.39, 0.29) is 0 Å². The molecule has 3 fully saturated rings. The second-order valence-electron chi connectivity index (χ2n) is 12.2. The second-order valence-corrected chi connectivity index (χ2v) is 12.2. The van der Waals surface area contributed by atoms with Gasteiger partial charge in [0.05, 0.1) is 45.4 Å². The van der Waals surface area contributed by atoms with Crippen molar-refractivity contribution in [3.8, 4) is 22.4 Å². The van der Waals surface area contributed by atoms with E-state index in [0.29, 0.717) is 24.0 Å². The molecule has 3 aromatic heterocycles. The lowest BCUT2D eigenvalue weighted by Gasteiger charge is -2.08. The Kier molecular flexibility index (Phi) is 4.81. The first-order valence-corrected chi connectivity index (χ1v) is 14.5. The van der Waals surface area contributed by atoms with Crippen molar-refractivity contribution in [3.63, 3.8) is 0 Å². The molecular formula is C33H31N7. The zero-order chi connectivity index (χ0) is 26.4. The van der Waals surface area contributed by atoms with Crippen LogP contribution in [0.15, 0.2) is 66.7 Å². The van der Waals surface area contributed by atoms with Crippen LogP contribution in [0.25, 0.3) is 55.4 Å². The monoisotopic (exact) mass is 525 g/mol. The molecule has 2 aliphatic heterocycles. The first-order chi connectivity index (χ1) is 19.6. The zero-order valence-electron chi connectivity index (χ0n) is 22.4. The van der Waals surface area contributed by atoms with Crippen LogP contribution >= 0.6 is 0 Å². The largest absolute Gasteiger partial charge is 0.341 e. The van der Waals surface area contributed by atoms with Crippen molar-refractivity contribution in [2.75, 3.05) is 6.54 Å². The number of H-pyrrole nitrogens is 2. The molecule has 0 bridgehead atoms. The second kappa shape index (κ2) is 8.46. The van der Waals surface area contributed by atoms with Crippen LogP contribution in [-0.4, -0.2) is 37.5 Å². The Morgan fingerprint density at radius 3 is 2.08 bits per heavy atom. The quantitative estimate of drug-likeness (QED) is 0.213. The number of nitrogens with zero attached hydrogens (tertiary/aromatic N) is 3.